The Labute approximate surface area is 209 Å². The number of benzene rings is 2. The van der Waals surface area contributed by atoms with Crippen LogP contribution in [0.4, 0.5) is 24.8 Å². The Bertz CT molecular complexity index is 1410. The standard InChI is InChI=1S/C24H21ClF3N5O3/c1-33-21-6-4-15(36-16-7-8-29-20(13-16)22(34)30-9-10-35-2)12-19(21)32-23(33)31-14-3-5-18(25)17(11-14)24(26,27)28/h3-8,11-13H,9-10H2,1-2H3,(H,30,34)(H,31,32). The van der Waals surface area contributed by atoms with Gasteiger partial charge in [0.25, 0.3) is 5.91 Å². The van der Waals surface area contributed by atoms with Gasteiger partial charge in [-0.15, -0.1) is 0 Å². The van der Waals surface area contributed by atoms with Gasteiger partial charge in [-0.05, 0) is 36.4 Å². The maximum Gasteiger partial charge on any atom is 0.417 e. The molecule has 12 heteroatoms. The zero-order valence-electron chi connectivity index (χ0n) is 19.2. The van der Waals surface area contributed by atoms with Crippen LogP contribution in [-0.4, -0.2) is 40.7 Å². The lowest BCUT2D eigenvalue weighted by atomic mass is 10.2. The molecule has 0 saturated carbocycles. The Kier molecular flexibility index (Phi) is 7.32. The molecule has 1 amide bonds. The Hall–Kier alpha value is -3.83. The molecule has 0 aliphatic carbocycles. The first-order chi connectivity index (χ1) is 17.2. The van der Waals surface area contributed by atoms with Gasteiger partial charge in [0.2, 0.25) is 5.95 Å². The van der Waals surface area contributed by atoms with Crippen LogP contribution < -0.4 is 15.4 Å². The predicted octanol–water partition coefficient (Wildman–Crippen LogP) is 5.55. The molecule has 0 radical (unpaired) electrons. The van der Waals surface area contributed by atoms with E-state index in [9.17, 15) is 18.0 Å². The van der Waals surface area contributed by atoms with Crippen molar-refractivity contribution in [1.29, 1.82) is 0 Å². The molecular weight excluding hydrogens is 499 g/mol. The number of imidazole rings is 1. The summed E-state index contributed by atoms with van der Waals surface area (Å²) in [6.45, 7) is 0.729. The fourth-order valence-electron chi connectivity index (χ4n) is 3.40. The van der Waals surface area contributed by atoms with Crippen LogP contribution in [-0.2, 0) is 18.0 Å². The first-order valence-corrected chi connectivity index (χ1v) is 11.0. The lowest BCUT2D eigenvalue weighted by Gasteiger charge is -2.12. The first-order valence-electron chi connectivity index (χ1n) is 10.7. The molecule has 8 nitrogen and oxygen atoms in total. The number of nitrogens with zero attached hydrogens (tertiary/aromatic N) is 3. The molecule has 4 rings (SSSR count). The van der Waals surface area contributed by atoms with E-state index >= 15 is 0 Å². The number of carbonyl (C=O) groups excluding carboxylic acids is 1. The molecular formula is C24H21ClF3N5O3. The molecule has 0 aliphatic rings. The minimum atomic E-state index is -4.58. The summed E-state index contributed by atoms with van der Waals surface area (Å²) in [5.74, 6) is 0.826. The number of ether oxygens (including phenoxy) is 2. The van der Waals surface area contributed by atoms with Crippen LogP contribution in [0.5, 0.6) is 11.5 Å². The third-order valence-corrected chi connectivity index (χ3v) is 5.50. The molecule has 2 aromatic heterocycles. The highest BCUT2D eigenvalue weighted by Crippen LogP contribution is 2.37. The zero-order chi connectivity index (χ0) is 25.9. The van der Waals surface area contributed by atoms with Crippen molar-refractivity contribution >= 4 is 40.2 Å². The smallest absolute Gasteiger partial charge is 0.417 e. The van der Waals surface area contributed by atoms with Crippen molar-refractivity contribution in [3.05, 3.63) is 71.0 Å². The maximum atomic E-state index is 13.2. The lowest BCUT2D eigenvalue weighted by molar-refractivity contribution is -0.137. The van der Waals surface area contributed by atoms with Crippen molar-refractivity contribution in [3.63, 3.8) is 0 Å². The summed E-state index contributed by atoms with van der Waals surface area (Å²) in [7, 11) is 3.27. The van der Waals surface area contributed by atoms with E-state index in [1.54, 1.807) is 35.9 Å². The van der Waals surface area contributed by atoms with E-state index in [2.05, 4.69) is 20.6 Å². The van der Waals surface area contributed by atoms with E-state index in [1.165, 1.54) is 31.5 Å². The number of hydrogen-bond donors (Lipinski definition) is 2. The summed E-state index contributed by atoms with van der Waals surface area (Å²) in [6.07, 6.45) is -3.12. The third kappa shape index (κ3) is 5.69. The molecule has 4 aromatic rings. The van der Waals surface area contributed by atoms with Crippen molar-refractivity contribution < 1.29 is 27.4 Å². The molecule has 0 spiro atoms. The minimum Gasteiger partial charge on any atom is -0.457 e. The average Bonchev–Trinajstić information content (AvgIpc) is 3.14. The Balaban J connectivity index is 1.54. The number of fused-ring (bicyclic) bond motifs is 1. The number of anilines is 2. The van der Waals surface area contributed by atoms with Crippen LogP contribution in [0.2, 0.25) is 5.02 Å². The van der Waals surface area contributed by atoms with E-state index in [0.29, 0.717) is 36.1 Å². The maximum absolute atomic E-state index is 13.2. The van der Waals surface area contributed by atoms with Gasteiger partial charge >= 0.3 is 6.18 Å². The highest BCUT2D eigenvalue weighted by atomic mass is 35.5. The zero-order valence-corrected chi connectivity index (χ0v) is 19.9. The average molecular weight is 520 g/mol. The molecule has 36 heavy (non-hydrogen) atoms. The highest BCUT2D eigenvalue weighted by Gasteiger charge is 2.33. The van der Waals surface area contributed by atoms with Crippen LogP contribution in [0.15, 0.2) is 54.7 Å². The molecule has 2 aromatic carbocycles. The van der Waals surface area contributed by atoms with Crippen molar-refractivity contribution in [1.82, 2.24) is 19.9 Å². The van der Waals surface area contributed by atoms with Crippen molar-refractivity contribution in [2.45, 2.75) is 6.18 Å². The van der Waals surface area contributed by atoms with Gasteiger partial charge in [0.05, 0.1) is 28.2 Å². The summed E-state index contributed by atoms with van der Waals surface area (Å²) >= 11 is 5.71. The van der Waals surface area contributed by atoms with Gasteiger partial charge in [0.15, 0.2) is 0 Å². The van der Waals surface area contributed by atoms with E-state index in [4.69, 9.17) is 21.1 Å². The quantitative estimate of drug-likeness (QED) is 0.297. The number of aryl methyl sites for hydroxylation is 1. The van der Waals surface area contributed by atoms with Crippen LogP contribution in [0.1, 0.15) is 16.1 Å². The number of amides is 1. The van der Waals surface area contributed by atoms with Gasteiger partial charge in [0, 0.05) is 44.7 Å². The second-order valence-electron chi connectivity index (χ2n) is 7.69. The molecule has 0 aliphatic heterocycles. The number of nitrogens with one attached hydrogen (secondary N) is 2. The van der Waals surface area contributed by atoms with E-state index in [0.717, 1.165) is 11.6 Å². The number of alkyl halides is 3. The van der Waals surface area contributed by atoms with Gasteiger partial charge in [-0.1, -0.05) is 11.6 Å². The Morgan fingerprint density at radius 3 is 2.64 bits per heavy atom. The number of pyridine rings is 1. The van der Waals surface area contributed by atoms with Gasteiger partial charge in [-0.2, -0.15) is 13.2 Å². The molecule has 0 unspecified atom stereocenters. The fourth-order valence-corrected chi connectivity index (χ4v) is 3.62. The summed E-state index contributed by atoms with van der Waals surface area (Å²) in [5, 5.41) is 5.21. The molecule has 0 saturated heterocycles. The Morgan fingerprint density at radius 2 is 1.89 bits per heavy atom. The Morgan fingerprint density at radius 1 is 1.11 bits per heavy atom. The normalized spacial score (nSPS) is 11.5. The number of halogens is 4. The summed E-state index contributed by atoms with van der Waals surface area (Å²) < 4.78 is 52.1. The summed E-state index contributed by atoms with van der Waals surface area (Å²) in [4.78, 5) is 20.7. The second kappa shape index (κ2) is 10.4. The molecule has 0 bridgehead atoms. The number of hydrogen-bond acceptors (Lipinski definition) is 6. The van der Waals surface area contributed by atoms with E-state index in [-0.39, 0.29) is 22.3 Å². The van der Waals surface area contributed by atoms with Crippen LogP contribution >= 0.6 is 11.6 Å². The molecule has 0 fully saturated rings. The minimum absolute atomic E-state index is 0.190. The van der Waals surface area contributed by atoms with Crippen LogP contribution in [0, 0.1) is 0 Å². The highest BCUT2D eigenvalue weighted by molar-refractivity contribution is 6.31. The summed E-state index contributed by atoms with van der Waals surface area (Å²) in [5.41, 5.74) is 0.717. The van der Waals surface area contributed by atoms with Crippen LogP contribution in [0.25, 0.3) is 11.0 Å². The van der Waals surface area contributed by atoms with Crippen molar-refractivity contribution in [3.8, 4) is 11.5 Å². The first kappa shape index (κ1) is 25.3. The van der Waals surface area contributed by atoms with Crippen molar-refractivity contribution in [2.75, 3.05) is 25.6 Å². The predicted molar refractivity (Wildman–Crippen MR) is 129 cm³/mol. The van der Waals surface area contributed by atoms with E-state index < -0.39 is 11.7 Å². The van der Waals surface area contributed by atoms with Gasteiger partial charge in [-0.25, -0.2) is 4.98 Å². The molecule has 0 atom stereocenters. The monoisotopic (exact) mass is 519 g/mol. The molecule has 2 N–H and O–H groups in total. The van der Waals surface area contributed by atoms with Crippen LogP contribution in [0.3, 0.4) is 0 Å². The summed E-state index contributed by atoms with van der Waals surface area (Å²) in [6, 6.07) is 11.9. The number of rotatable bonds is 8. The lowest BCUT2D eigenvalue weighted by Crippen LogP contribution is -2.27. The number of carbonyl (C=O) groups is 1. The largest absolute Gasteiger partial charge is 0.457 e. The fraction of sp³-hybridized carbons (Fsp3) is 0.208. The van der Waals surface area contributed by atoms with Gasteiger partial charge < -0.3 is 24.7 Å². The molecule has 2 heterocycles. The van der Waals surface area contributed by atoms with Crippen molar-refractivity contribution in [2.24, 2.45) is 7.05 Å². The topological polar surface area (TPSA) is 90.3 Å². The SMILES string of the molecule is COCCNC(=O)c1cc(Oc2ccc3c(c2)nc(Nc2ccc(Cl)c(C(F)(F)F)c2)n3C)ccn1. The second-order valence-corrected chi connectivity index (χ2v) is 8.10. The van der Waals surface area contributed by atoms with Gasteiger partial charge in [-0.3, -0.25) is 9.78 Å². The van der Waals surface area contributed by atoms with Gasteiger partial charge in [0.1, 0.15) is 17.2 Å². The number of methoxy groups -OCH3 is 1. The number of aromatic nitrogens is 3. The van der Waals surface area contributed by atoms with E-state index in [1.807, 2.05) is 0 Å². The third-order valence-electron chi connectivity index (χ3n) is 5.17. The molecule has 188 valence electrons.